The fourth-order valence-electron chi connectivity index (χ4n) is 1.21. The topological polar surface area (TPSA) is 92.4 Å². The smallest absolute Gasteiger partial charge is 0.240 e. The average molecular weight is 290 g/mol. The lowest BCUT2D eigenvalue weighted by Gasteiger charge is -2.11. The molecule has 0 aliphatic rings. The Morgan fingerprint density at radius 2 is 2.17 bits per heavy atom. The zero-order chi connectivity index (χ0) is 13.8. The van der Waals surface area contributed by atoms with Gasteiger partial charge in [-0.25, -0.2) is 13.1 Å². The van der Waals surface area contributed by atoms with Gasteiger partial charge < -0.3 is 10.8 Å². The van der Waals surface area contributed by atoms with Crippen LogP contribution in [-0.4, -0.2) is 32.9 Å². The quantitative estimate of drug-likeness (QED) is 0.535. The van der Waals surface area contributed by atoms with Crippen molar-refractivity contribution in [2.24, 2.45) is 5.92 Å². The molecule has 0 aliphatic heterocycles. The molecule has 1 aromatic carbocycles. The van der Waals surface area contributed by atoms with Crippen LogP contribution in [0.25, 0.3) is 0 Å². The summed E-state index contributed by atoms with van der Waals surface area (Å²) < 4.78 is 25.6. The summed E-state index contributed by atoms with van der Waals surface area (Å²) in [6.45, 7) is 2.01. The maximum absolute atomic E-state index is 11.7. The second-order valence-electron chi connectivity index (χ2n) is 4.01. The highest BCUT2D eigenvalue weighted by Crippen LogP contribution is 2.29. The predicted octanol–water partition coefficient (Wildman–Crippen LogP) is 0.897. The van der Waals surface area contributed by atoms with Crippen molar-refractivity contribution < 1.29 is 13.5 Å². The molecule has 0 amide bonds. The lowest BCUT2D eigenvalue weighted by Crippen LogP contribution is -2.18. The number of thioether (sulfide) groups is 1. The molecule has 1 aromatic rings. The summed E-state index contributed by atoms with van der Waals surface area (Å²) >= 11 is 1.44. The lowest BCUT2D eigenvalue weighted by molar-refractivity contribution is 0.250. The Bertz CT molecular complexity index is 503. The van der Waals surface area contributed by atoms with Crippen LogP contribution in [0.2, 0.25) is 0 Å². The van der Waals surface area contributed by atoms with Gasteiger partial charge >= 0.3 is 0 Å². The van der Waals surface area contributed by atoms with Gasteiger partial charge in [-0.3, -0.25) is 0 Å². The molecule has 5 nitrogen and oxygen atoms in total. The predicted molar refractivity (Wildman–Crippen MR) is 74.1 cm³/mol. The maximum Gasteiger partial charge on any atom is 0.240 e. The maximum atomic E-state index is 11.7. The van der Waals surface area contributed by atoms with E-state index in [0.717, 1.165) is 0 Å². The Balaban J connectivity index is 2.95. The first-order valence-electron chi connectivity index (χ1n) is 5.47. The van der Waals surface area contributed by atoms with E-state index in [1.807, 2.05) is 6.92 Å². The van der Waals surface area contributed by atoms with Crippen LogP contribution in [-0.2, 0) is 10.0 Å². The first-order chi connectivity index (χ1) is 8.40. The molecular formula is C11H18N2O3S2. The number of nitrogen functional groups attached to an aromatic ring is 1. The highest BCUT2D eigenvalue weighted by Gasteiger charge is 2.13. The van der Waals surface area contributed by atoms with E-state index < -0.39 is 10.0 Å². The number of aliphatic hydroxyl groups excluding tert-OH is 1. The minimum atomic E-state index is -3.45. The van der Waals surface area contributed by atoms with E-state index in [1.54, 1.807) is 12.1 Å². The third kappa shape index (κ3) is 3.88. The van der Waals surface area contributed by atoms with E-state index in [1.165, 1.54) is 24.9 Å². The molecular weight excluding hydrogens is 272 g/mol. The minimum absolute atomic E-state index is 0.0986. The van der Waals surface area contributed by atoms with Crippen molar-refractivity contribution in [3.63, 3.8) is 0 Å². The third-order valence-electron chi connectivity index (χ3n) is 2.40. The fraction of sp³-hybridized carbons (Fsp3) is 0.455. The van der Waals surface area contributed by atoms with E-state index in [4.69, 9.17) is 10.8 Å². The second-order valence-corrected chi connectivity index (χ2v) is 6.95. The van der Waals surface area contributed by atoms with E-state index in [-0.39, 0.29) is 17.4 Å². The summed E-state index contributed by atoms with van der Waals surface area (Å²) in [7, 11) is -2.08. The minimum Gasteiger partial charge on any atom is -0.398 e. The number of rotatable bonds is 6. The summed E-state index contributed by atoms with van der Waals surface area (Å²) in [4.78, 5) is 0.907. The summed E-state index contributed by atoms with van der Waals surface area (Å²) in [5.41, 5.74) is 6.35. The first kappa shape index (κ1) is 15.3. The third-order valence-corrected chi connectivity index (χ3v) is 5.21. The van der Waals surface area contributed by atoms with Gasteiger partial charge in [0, 0.05) is 22.9 Å². The molecule has 102 valence electrons. The van der Waals surface area contributed by atoms with Gasteiger partial charge in [-0.2, -0.15) is 0 Å². The van der Waals surface area contributed by atoms with Gasteiger partial charge in [-0.15, -0.1) is 11.8 Å². The highest BCUT2D eigenvalue weighted by atomic mass is 32.2. The number of aliphatic hydroxyl groups is 1. The number of nitrogens with one attached hydrogen (secondary N) is 1. The van der Waals surface area contributed by atoms with Crippen LogP contribution in [0.5, 0.6) is 0 Å². The molecule has 0 heterocycles. The molecule has 18 heavy (non-hydrogen) atoms. The van der Waals surface area contributed by atoms with Gasteiger partial charge in [0.25, 0.3) is 0 Å². The van der Waals surface area contributed by atoms with Crippen LogP contribution < -0.4 is 10.5 Å². The van der Waals surface area contributed by atoms with Gasteiger partial charge in [-0.05, 0) is 31.2 Å². The summed E-state index contributed by atoms with van der Waals surface area (Å²) in [6, 6.07) is 4.60. The Labute approximate surface area is 112 Å². The molecule has 7 heteroatoms. The van der Waals surface area contributed by atoms with E-state index >= 15 is 0 Å². The van der Waals surface area contributed by atoms with Crippen molar-refractivity contribution in [2.75, 3.05) is 25.1 Å². The SMILES string of the molecule is CNS(=O)(=O)c1ccc(N)c(SCC(C)CO)c1. The van der Waals surface area contributed by atoms with E-state index in [9.17, 15) is 8.42 Å². The number of sulfonamides is 1. The molecule has 0 aliphatic carbocycles. The molecule has 0 fully saturated rings. The largest absolute Gasteiger partial charge is 0.398 e. The molecule has 0 radical (unpaired) electrons. The summed E-state index contributed by atoms with van der Waals surface area (Å²) in [5.74, 6) is 0.822. The summed E-state index contributed by atoms with van der Waals surface area (Å²) in [6.07, 6.45) is 0. The van der Waals surface area contributed by atoms with Crippen LogP contribution in [0.15, 0.2) is 28.0 Å². The Kier molecular flexibility index (Phi) is 5.46. The number of hydrogen-bond donors (Lipinski definition) is 3. The second kappa shape index (κ2) is 6.42. The molecule has 0 bridgehead atoms. The van der Waals surface area contributed by atoms with Crippen LogP contribution in [0, 0.1) is 5.92 Å². The van der Waals surface area contributed by atoms with Crippen molar-refractivity contribution in [1.82, 2.24) is 4.72 Å². The number of nitrogens with two attached hydrogens (primary N) is 1. The Hall–Kier alpha value is -0.760. The van der Waals surface area contributed by atoms with Crippen LogP contribution in [0.4, 0.5) is 5.69 Å². The van der Waals surface area contributed by atoms with Gasteiger partial charge in [0.05, 0.1) is 4.90 Å². The van der Waals surface area contributed by atoms with Crippen molar-refractivity contribution in [3.8, 4) is 0 Å². The van der Waals surface area contributed by atoms with Crippen molar-refractivity contribution in [2.45, 2.75) is 16.7 Å². The monoisotopic (exact) mass is 290 g/mol. The van der Waals surface area contributed by atoms with Crippen LogP contribution in [0.3, 0.4) is 0 Å². The number of anilines is 1. The molecule has 0 spiro atoms. The normalized spacial score (nSPS) is 13.5. The molecule has 1 rings (SSSR count). The molecule has 1 unspecified atom stereocenters. The molecule has 0 saturated carbocycles. The molecule has 0 saturated heterocycles. The van der Waals surface area contributed by atoms with Crippen molar-refractivity contribution >= 4 is 27.5 Å². The first-order valence-corrected chi connectivity index (χ1v) is 7.94. The zero-order valence-corrected chi connectivity index (χ0v) is 12.0. The van der Waals surface area contributed by atoms with Gasteiger partial charge in [0.15, 0.2) is 0 Å². The summed E-state index contributed by atoms with van der Waals surface area (Å²) in [5, 5.41) is 8.95. The zero-order valence-electron chi connectivity index (χ0n) is 10.4. The van der Waals surface area contributed by atoms with Gasteiger partial charge in [-0.1, -0.05) is 6.92 Å². The van der Waals surface area contributed by atoms with E-state index in [2.05, 4.69) is 4.72 Å². The molecule has 1 atom stereocenters. The number of hydrogen-bond acceptors (Lipinski definition) is 5. The molecule has 4 N–H and O–H groups in total. The van der Waals surface area contributed by atoms with Crippen LogP contribution in [0.1, 0.15) is 6.92 Å². The Morgan fingerprint density at radius 1 is 1.50 bits per heavy atom. The van der Waals surface area contributed by atoms with E-state index in [0.29, 0.717) is 16.3 Å². The fourth-order valence-corrected chi connectivity index (χ4v) is 3.05. The van der Waals surface area contributed by atoms with Crippen molar-refractivity contribution in [1.29, 1.82) is 0 Å². The Morgan fingerprint density at radius 3 is 2.72 bits per heavy atom. The average Bonchev–Trinajstić information content (AvgIpc) is 2.37. The number of benzene rings is 1. The van der Waals surface area contributed by atoms with Gasteiger partial charge in [0.2, 0.25) is 10.0 Å². The van der Waals surface area contributed by atoms with Gasteiger partial charge in [0.1, 0.15) is 0 Å². The van der Waals surface area contributed by atoms with Crippen molar-refractivity contribution in [3.05, 3.63) is 18.2 Å². The van der Waals surface area contributed by atoms with Crippen LogP contribution >= 0.6 is 11.8 Å². The molecule has 0 aromatic heterocycles. The highest BCUT2D eigenvalue weighted by molar-refractivity contribution is 7.99. The lowest BCUT2D eigenvalue weighted by atomic mass is 10.2. The standard InChI is InChI=1S/C11H18N2O3S2/c1-8(6-14)7-17-11-5-9(3-4-10(11)12)18(15,16)13-2/h3-5,8,13-14H,6-7,12H2,1-2H3.